The summed E-state index contributed by atoms with van der Waals surface area (Å²) in [6, 6.07) is 22.5. The first-order valence-corrected chi connectivity index (χ1v) is 11.5. The molecular formula is C25H25N3O2S. The van der Waals surface area contributed by atoms with E-state index in [0.29, 0.717) is 17.7 Å². The number of pyridine rings is 1. The van der Waals surface area contributed by atoms with Gasteiger partial charge >= 0.3 is 0 Å². The number of nitrogens with zero attached hydrogens (tertiary/aromatic N) is 3. The molecule has 1 saturated heterocycles. The van der Waals surface area contributed by atoms with Gasteiger partial charge in [0.1, 0.15) is 18.1 Å². The van der Waals surface area contributed by atoms with E-state index in [-0.39, 0.29) is 0 Å². The van der Waals surface area contributed by atoms with Gasteiger partial charge in [0, 0.05) is 12.7 Å². The summed E-state index contributed by atoms with van der Waals surface area (Å²) in [5, 5.41) is 0.598. The molecule has 0 radical (unpaired) electrons. The molecule has 0 aliphatic carbocycles. The summed E-state index contributed by atoms with van der Waals surface area (Å²) in [6.07, 6.45) is 4.18. The minimum atomic E-state index is 0.598. The third-order valence-corrected chi connectivity index (χ3v) is 6.60. The van der Waals surface area contributed by atoms with E-state index < -0.39 is 0 Å². The number of hydrogen-bond acceptors (Lipinski definition) is 6. The number of rotatable bonds is 7. The van der Waals surface area contributed by atoms with Crippen molar-refractivity contribution in [3.8, 4) is 16.7 Å². The van der Waals surface area contributed by atoms with E-state index >= 15 is 0 Å². The fourth-order valence-electron chi connectivity index (χ4n) is 4.01. The van der Waals surface area contributed by atoms with Crippen LogP contribution >= 0.6 is 11.3 Å². The highest BCUT2D eigenvalue weighted by Crippen LogP contribution is 2.31. The van der Waals surface area contributed by atoms with Crippen LogP contribution in [0.1, 0.15) is 24.3 Å². The molecule has 5 rings (SSSR count). The third-order valence-electron chi connectivity index (χ3n) is 5.71. The van der Waals surface area contributed by atoms with E-state index in [1.54, 1.807) is 6.20 Å². The molecule has 2 aromatic heterocycles. The molecule has 0 bridgehead atoms. The number of aromatic nitrogens is 2. The van der Waals surface area contributed by atoms with E-state index in [1.165, 1.54) is 29.7 Å². The first-order chi connectivity index (χ1) is 15.3. The lowest BCUT2D eigenvalue weighted by molar-refractivity contribution is 0.173. The maximum atomic E-state index is 5.95. The fraction of sp³-hybridized carbons (Fsp3) is 0.280. The summed E-state index contributed by atoms with van der Waals surface area (Å²) in [5.41, 5.74) is 2.19. The number of thiazole rings is 1. The lowest BCUT2D eigenvalue weighted by Gasteiger charge is -2.32. The van der Waals surface area contributed by atoms with E-state index in [9.17, 15) is 0 Å². The predicted molar refractivity (Wildman–Crippen MR) is 124 cm³/mol. The maximum absolute atomic E-state index is 5.95. The molecule has 3 heterocycles. The predicted octanol–water partition coefficient (Wildman–Crippen LogP) is 5.74. The highest BCUT2D eigenvalue weighted by Gasteiger charge is 2.20. The molecule has 2 aromatic carbocycles. The van der Waals surface area contributed by atoms with E-state index in [2.05, 4.69) is 45.2 Å². The second-order valence-corrected chi connectivity index (χ2v) is 8.75. The molecule has 0 amide bonds. The Morgan fingerprint density at radius 2 is 1.68 bits per heavy atom. The lowest BCUT2D eigenvalue weighted by Crippen LogP contribution is -2.35. The van der Waals surface area contributed by atoms with Crippen LogP contribution in [0.4, 0.5) is 0 Å². The van der Waals surface area contributed by atoms with Gasteiger partial charge in [-0.1, -0.05) is 41.7 Å². The fourth-order valence-corrected chi connectivity index (χ4v) is 4.80. The molecule has 0 atom stereocenters. The Morgan fingerprint density at radius 1 is 0.903 bits per heavy atom. The maximum Gasteiger partial charge on any atom is 0.281 e. The van der Waals surface area contributed by atoms with Gasteiger partial charge in [-0.25, -0.2) is 4.98 Å². The first-order valence-electron chi connectivity index (χ1n) is 10.7. The second-order valence-electron chi connectivity index (χ2n) is 7.75. The minimum absolute atomic E-state index is 0.598. The average Bonchev–Trinajstić information content (AvgIpc) is 3.24. The van der Waals surface area contributed by atoms with Crippen LogP contribution in [-0.2, 0) is 0 Å². The molecule has 1 fully saturated rings. The summed E-state index contributed by atoms with van der Waals surface area (Å²) in [6.45, 7) is 3.91. The van der Waals surface area contributed by atoms with Gasteiger partial charge in [0.15, 0.2) is 5.65 Å². The largest absolute Gasteiger partial charge is 0.492 e. The van der Waals surface area contributed by atoms with Crippen LogP contribution in [0.25, 0.3) is 10.3 Å². The zero-order valence-corrected chi connectivity index (χ0v) is 18.1. The molecule has 0 saturated carbocycles. The van der Waals surface area contributed by atoms with Crippen molar-refractivity contribution in [3.05, 3.63) is 78.5 Å². The summed E-state index contributed by atoms with van der Waals surface area (Å²) < 4.78 is 12.8. The van der Waals surface area contributed by atoms with Crippen LogP contribution in [0.3, 0.4) is 0 Å². The van der Waals surface area contributed by atoms with Gasteiger partial charge < -0.3 is 9.47 Å². The number of likely N-dealkylation sites (tertiary alicyclic amines) is 1. The van der Waals surface area contributed by atoms with Gasteiger partial charge in [0.25, 0.3) is 5.19 Å². The lowest BCUT2D eigenvalue weighted by atomic mass is 9.89. The van der Waals surface area contributed by atoms with Crippen molar-refractivity contribution in [3.63, 3.8) is 0 Å². The van der Waals surface area contributed by atoms with Gasteiger partial charge in [-0.15, -0.1) is 0 Å². The van der Waals surface area contributed by atoms with Crippen molar-refractivity contribution in [2.75, 3.05) is 26.2 Å². The first kappa shape index (κ1) is 20.0. The van der Waals surface area contributed by atoms with E-state index in [1.807, 2.05) is 36.4 Å². The SMILES string of the molecule is c1ccc(C2CCN(CCOc3ccc(Oc4nc5ncccc5s4)cc3)CC2)cc1. The van der Waals surface area contributed by atoms with Crippen molar-refractivity contribution in [1.82, 2.24) is 14.9 Å². The quantitative estimate of drug-likeness (QED) is 0.373. The molecule has 1 aliphatic heterocycles. The highest BCUT2D eigenvalue weighted by atomic mass is 32.1. The smallest absolute Gasteiger partial charge is 0.281 e. The summed E-state index contributed by atoms with van der Waals surface area (Å²) in [7, 11) is 0. The van der Waals surface area contributed by atoms with Crippen molar-refractivity contribution < 1.29 is 9.47 Å². The van der Waals surface area contributed by atoms with Gasteiger partial charge in [-0.05, 0) is 73.8 Å². The molecule has 5 nitrogen and oxygen atoms in total. The molecule has 1 aliphatic rings. The number of fused-ring (bicyclic) bond motifs is 1. The van der Waals surface area contributed by atoms with Gasteiger partial charge in [0.2, 0.25) is 0 Å². The standard InChI is InChI=1S/C25H25N3O2S/c1-2-5-19(6-3-1)20-12-15-28(16-13-20)17-18-29-21-8-10-22(11-9-21)30-25-27-24-23(31-25)7-4-14-26-24/h1-11,14,20H,12-13,15-18H2. The average molecular weight is 432 g/mol. The summed E-state index contributed by atoms with van der Waals surface area (Å²) >= 11 is 1.49. The molecule has 158 valence electrons. The minimum Gasteiger partial charge on any atom is -0.492 e. The topological polar surface area (TPSA) is 47.5 Å². The number of ether oxygens (including phenoxy) is 2. The summed E-state index contributed by atoms with van der Waals surface area (Å²) in [4.78, 5) is 11.1. The summed E-state index contributed by atoms with van der Waals surface area (Å²) in [5.74, 6) is 2.30. The molecule has 4 aromatic rings. The molecule has 0 N–H and O–H groups in total. The number of hydrogen-bond donors (Lipinski definition) is 0. The Bertz CT molecular complexity index is 1070. The van der Waals surface area contributed by atoms with Gasteiger partial charge in [0.05, 0.1) is 4.70 Å². The zero-order valence-electron chi connectivity index (χ0n) is 17.3. The van der Waals surface area contributed by atoms with Gasteiger partial charge in [-0.3, -0.25) is 4.90 Å². The van der Waals surface area contributed by atoms with Crippen LogP contribution in [0, 0.1) is 0 Å². The third kappa shape index (κ3) is 5.03. The van der Waals surface area contributed by atoms with Crippen LogP contribution < -0.4 is 9.47 Å². The van der Waals surface area contributed by atoms with Crippen LogP contribution in [0.15, 0.2) is 72.9 Å². The van der Waals surface area contributed by atoms with E-state index in [4.69, 9.17) is 9.47 Å². The van der Waals surface area contributed by atoms with Crippen LogP contribution in [0.2, 0.25) is 0 Å². The molecular weight excluding hydrogens is 406 g/mol. The van der Waals surface area contributed by atoms with Crippen molar-refractivity contribution in [1.29, 1.82) is 0 Å². The van der Waals surface area contributed by atoms with Crippen molar-refractivity contribution in [2.45, 2.75) is 18.8 Å². The van der Waals surface area contributed by atoms with Crippen molar-refractivity contribution in [2.24, 2.45) is 0 Å². The van der Waals surface area contributed by atoms with Gasteiger partial charge in [-0.2, -0.15) is 4.98 Å². The second kappa shape index (κ2) is 9.45. The van der Waals surface area contributed by atoms with Crippen LogP contribution in [0.5, 0.6) is 16.7 Å². The molecule has 6 heteroatoms. The zero-order chi connectivity index (χ0) is 20.9. The van der Waals surface area contributed by atoms with Crippen molar-refractivity contribution >= 4 is 21.7 Å². The Labute approximate surface area is 186 Å². The number of piperidine rings is 1. The monoisotopic (exact) mass is 431 g/mol. The number of benzene rings is 2. The Balaban J connectivity index is 1.07. The normalized spacial score (nSPS) is 15.2. The molecule has 0 unspecified atom stereocenters. The Hall–Kier alpha value is -2.96. The van der Waals surface area contributed by atoms with Crippen LogP contribution in [-0.4, -0.2) is 41.1 Å². The molecule has 31 heavy (non-hydrogen) atoms. The Kier molecular flexibility index (Phi) is 6.09. The molecule has 0 spiro atoms. The highest BCUT2D eigenvalue weighted by molar-refractivity contribution is 7.20. The van der Waals surface area contributed by atoms with E-state index in [0.717, 1.165) is 41.5 Å². The Morgan fingerprint density at radius 3 is 2.45 bits per heavy atom.